The summed E-state index contributed by atoms with van der Waals surface area (Å²) < 4.78 is 6.51. The zero-order valence-corrected chi connectivity index (χ0v) is 11.3. The SMILES string of the molecule is O=C(OCc1ccc(-c2ccccc2)cc1)n1ccnc1. The second kappa shape index (κ2) is 6.05. The van der Waals surface area contributed by atoms with Gasteiger partial charge in [0.25, 0.3) is 0 Å². The fourth-order valence-corrected chi connectivity index (χ4v) is 2.01. The van der Waals surface area contributed by atoms with Gasteiger partial charge in [0.15, 0.2) is 0 Å². The molecule has 2 aromatic carbocycles. The van der Waals surface area contributed by atoms with E-state index in [9.17, 15) is 4.79 Å². The summed E-state index contributed by atoms with van der Waals surface area (Å²) >= 11 is 0. The van der Waals surface area contributed by atoms with Crippen molar-refractivity contribution in [2.45, 2.75) is 6.61 Å². The summed E-state index contributed by atoms with van der Waals surface area (Å²) in [4.78, 5) is 15.5. The molecule has 0 saturated heterocycles. The van der Waals surface area contributed by atoms with E-state index in [2.05, 4.69) is 17.1 Å². The molecule has 0 unspecified atom stereocenters. The van der Waals surface area contributed by atoms with E-state index in [0.717, 1.165) is 11.1 Å². The van der Waals surface area contributed by atoms with Crippen LogP contribution in [-0.4, -0.2) is 15.6 Å². The van der Waals surface area contributed by atoms with Gasteiger partial charge in [0.05, 0.1) is 0 Å². The van der Waals surface area contributed by atoms with Gasteiger partial charge in [-0.2, -0.15) is 0 Å². The molecular weight excluding hydrogens is 264 g/mol. The lowest BCUT2D eigenvalue weighted by Gasteiger charge is -2.06. The highest BCUT2D eigenvalue weighted by atomic mass is 16.5. The number of carbonyl (C=O) groups excluding carboxylic acids is 1. The minimum atomic E-state index is -0.431. The van der Waals surface area contributed by atoms with Gasteiger partial charge in [0, 0.05) is 12.4 Å². The average Bonchev–Trinajstić information content (AvgIpc) is 3.08. The molecule has 4 nitrogen and oxygen atoms in total. The number of rotatable bonds is 3. The second-order valence-corrected chi connectivity index (χ2v) is 4.59. The fourth-order valence-electron chi connectivity index (χ4n) is 2.01. The number of benzene rings is 2. The van der Waals surface area contributed by atoms with Gasteiger partial charge in [0.2, 0.25) is 0 Å². The van der Waals surface area contributed by atoms with Crippen LogP contribution in [0.5, 0.6) is 0 Å². The van der Waals surface area contributed by atoms with Crippen molar-refractivity contribution in [1.82, 2.24) is 9.55 Å². The molecule has 1 heterocycles. The van der Waals surface area contributed by atoms with Crippen molar-refractivity contribution in [3.8, 4) is 11.1 Å². The molecule has 3 rings (SSSR count). The van der Waals surface area contributed by atoms with Crippen molar-refractivity contribution in [2.24, 2.45) is 0 Å². The number of nitrogens with zero attached hydrogens (tertiary/aromatic N) is 2. The molecule has 0 fully saturated rings. The highest BCUT2D eigenvalue weighted by molar-refractivity contribution is 5.70. The van der Waals surface area contributed by atoms with Gasteiger partial charge >= 0.3 is 6.09 Å². The molecule has 0 aliphatic rings. The standard InChI is InChI=1S/C17H14N2O2/c20-17(19-11-10-18-13-19)21-12-14-6-8-16(9-7-14)15-4-2-1-3-5-15/h1-11,13H,12H2. The van der Waals surface area contributed by atoms with Crippen LogP contribution in [0.2, 0.25) is 0 Å². The van der Waals surface area contributed by atoms with Crippen LogP contribution in [0.4, 0.5) is 4.79 Å². The first-order chi connectivity index (χ1) is 10.3. The maximum absolute atomic E-state index is 11.7. The first-order valence-electron chi connectivity index (χ1n) is 6.62. The fraction of sp³-hybridized carbons (Fsp3) is 0.0588. The topological polar surface area (TPSA) is 44.1 Å². The monoisotopic (exact) mass is 278 g/mol. The lowest BCUT2D eigenvalue weighted by Crippen LogP contribution is -2.11. The molecule has 3 aromatic rings. The van der Waals surface area contributed by atoms with E-state index < -0.39 is 6.09 Å². The second-order valence-electron chi connectivity index (χ2n) is 4.59. The van der Waals surface area contributed by atoms with Crippen LogP contribution >= 0.6 is 0 Å². The summed E-state index contributed by atoms with van der Waals surface area (Å²) in [7, 11) is 0. The van der Waals surface area contributed by atoms with Crippen LogP contribution in [0.3, 0.4) is 0 Å². The third-order valence-corrected chi connectivity index (χ3v) is 3.14. The van der Waals surface area contributed by atoms with Gasteiger partial charge < -0.3 is 4.74 Å². The van der Waals surface area contributed by atoms with Crippen LogP contribution < -0.4 is 0 Å². The Morgan fingerprint density at radius 1 is 1.00 bits per heavy atom. The van der Waals surface area contributed by atoms with Gasteiger partial charge in [-0.3, -0.25) is 0 Å². The molecule has 0 N–H and O–H groups in total. The van der Waals surface area contributed by atoms with E-state index in [1.165, 1.54) is 22.7 Å². The number of hydrogen-bond acceptors (Lipinski definition) is 3. The number of ether oxygens (including phenoxy) is 1. The highest BCUT2D eigenvalue weighted by Crippen LogP contribution is 2.19. The summed E-state index contributed by atoms with van der Waals surface area (Å²) in [6.45, 7) is 0.242. The predicted octanol–water partition coefficient (Wildman–Crippen LogP) is 3.74. The van der Waals surface area contributed by atoms with E-state index in [-0.39, 0.29) is 6.61 Å². The molecule has 0 bridgehead atoms. The van der Waals surface area contributed by atoms with Gasteiger partial charge in [0.1, 0.15) is 12.9 Å². The van der Waals surface area contributed by atoms with Gasteiger partial charge in [-0.05, 0) is 16.7 Å². The number of aromatic nitrogens is 2. The molecule has 0 spiro atoms. The van der Waals surface area contributed by atoms with E-state index in [4.69, 9.17) is 4.74 Å². The summed E-state index contributed by atoms with van der Waals surface area (Å²) in [6.07, 6.45) is 4.08. The highest BCUT2D eigenvalue weighted by Gasteiger charge is 2.05. The Hall–Kier alpha value is -2.88. The Kier molecular flexibility index (Phi) is 3.78. The molecule has 0 amide bonds. The van der Waals surface area contributed by atoms with Crippen LogP contribution in [0.25, 0.3) is 11.1 Å². The lowest BCUT2D eigenvalue weighted by atomic mass is 10.0. The summed E-state index contributed by atoms with van der Waals surface area (Å²) in [5.74, 6) is 0. The molecule has 0 aliphatic heterocycles. The molecule has 1 aromatic heterocycles. The smallest absolute Gasteiger partial charge is 0.419 e. The normalized spacial score (nSPS) is 10.3. The number of imidazole rings is 1. The van der Waals surface area contributed by atoms with E-state index in [1.54, 1.807) is 6.20 Å². The van der Waals surface area contributed by atoms with Crippen molar-refractivity contribution in [2.75, 3.05) is 0 Å². The predicted molar refractivity (Wildman–Crippen MR) is 79.7 cm³/mol. The Labute approximate surface area is 122 Å². The van der Waals surface area contributed by atoms with Crippen molar-refractivity contribution in [3.63, 3.8) is 0 Å². The van der Waals surface area contributed by atoms with Crippen molar-refractivity contribution in [3.05, 3.63) is 78.9 Å². The quantitative estimate of drug-likeness (QED) is 0.733. The Bertz CT molecular complexity index is 704. The first kappa shape index (κ1) is 13.1. The molecule has 0 atom stereocenters. The van der Waals surface area contributed by atoms with Gasteiger partial charge in [-0.25, -0.2) is 14.3 Å². The van der Waals surface area contributed by atoms with E-state index in [1.807, 2.05) is 42.5 Å². The third kappa shape index (κ3) is 3.17. The Morgan fingerprint density at radius 3 is 2.38 bits per heavy atom. The van der Waals surface area contributed by atoms with E-state index >= 15 is 0 Å². The Balaban J connectivity index is 1.64. The summed E-state index contributed by atoms with van der Waals surface area (Å²) in [5.41, 5.74) is 3.25. The largest absolute Gasteiger partial charge is 0.444 e. The lowest BCUT2D eigenvalue weighted by molar-refractivity contribution is 0.141. The zero-order valence-electron chi connectivity index (χ0n) is 11.3. The maximum atomic E-state index is 11.7. The van der Waals surface area contributed by atoms with Crippen LogP contribution in [0.15, 0.2) is 73.3 Å². The molecule has 0 saturated carbocycles. The van der Waals surface area contributed by atoms with Gasteiger partial charge in [-0.1, -0.05) is 54.6 Å². The maximum Gasteiger partial charge on any atom is 0.419 e. The number of hydrogen-bond donors (Lipinski definition) is 0. The molecule has 0 radical (unpaired) electrons. The molecule has 4 heteroatoms. The van der Waals surface area contributed by atoms with E-state index in [0.29, 0.717) is 0 Å². The molecule has 21 heavy (non-hydrogen) atoms. The van der Waals surface area contributed by atoms with Crippen molar-refractivity contribution in [1.29, 1.82) is 0 Å². The Morgan fingerprint density at radius 2 is 1.71 bits per heavy atom. The van der Waals surface area contributed by atoms with Crippen LogP contribution in [0.1, 0.15) is 5.56 Å². The summed E-state index contributed by atoms with van der Waals surface area (Å²) in [6, 6.07) is 18.1. The first-order valence-corrected chi connectivity index (χ1v) is 6.62. The number of carbonyl (C=O) groups is 1. The van der Waals surface area contributed by atoms with Crippen molar-refractivity contribution < 1.29 is 9.53 Å². The van der Waals surface area contributed by atoms with Gasteiger partial charge in [-0.15, -0.1) is 0 Å². The summed E-state index contributed by atoms with van der Waals surface area (Å²) in [5, 5.41) is 0. The van der Waals surface area contributed by atoms with Crippen molar-refractivity contribution >= 4 is 6.09 Å². The average molecular weight is 278 g/mol. The minimum Gasteiger partial charge on any atom is -0.444 e. The van der Waals surface area contributed by atoms with Crippen LogP contribution in [-0.2, 0) is 11.3 Å². The zero-order chi connectivity index (χ0) is 14.5. The molecule has 104 valence electrons. The molecule has 0 aliphatic carbocycles. The molecular formula is C17H14N2O2. The third-order valence-electron chi connectivity index (χ3n) is 3.14. The van der Waals surface area contributed by atoms with Crippen LogP contribution in [0, 0.1) is 0 Å². The minimum absolute atomic E-state index is 0.242.